The van der Waals surface area contributed by atoms with Crippen LogP contribution in [0.4, 0.5) is 0 Å². The van der Waals surface area contributed by atoms with Gasteiger partial charge >= 0.3 is 5.97 Å². The zero-order chi connectivity index (χ0) is 11.4. The van der Waals surface area contributed by atoms with Gasteiger partial charge in [-0.3, -0.25) is 4.79 Å². The molecular weight excluding hydrogens is 200 g/mol. The normalized spacial score (nSPS) is 19.4. The van der Waals surface area contributed by atoms with E-state index < -0.39 is 0 Å². The maximum absolute atomic E-state index is 11.8. The summed E-state index contributed by atoms with van der Waals surface area (Å²) in [6, 6.07) is 7.60. The SMILES string of the molecule is Cc1cccc(OC(=O)C2CC=CCC2)c1. The average molecular weight is 216 g/mol. The highest BCUT2D eigenvalue weighted by molar-refractivity contribution is 5.75. The molecule has 0 saturated heterocycles. The molecule has 0 N–H and O–H groups in total. The van der Waals surface area contributed by atoms with E-state index in [1.54, 1.807) is 0 Å². The molecule has 1 aliphatic rings. The van der Waals surface area contributed by atoms with Crippen molar-refractivity contribution in [3.05, 3.63) is 42.0 Å². The minimum Gasteiger partial charge on any atom is -0.426 e. The Morgan fingerprint density at radius 1 is 1.38 bits per heavy atom. The molecule has 1 aromatic rings. The smallest absolute Gasteiger partial charge is 0.314 e. The number of allylic oxidation sites excluding steroid dienone is 2. The molecule has 0 aliphatic heterocycles. The highest BCUT2D eigenvalue weighted by Gasteiger charge is 2.20. The third-order valence-corrected chi connectivity index (χ3v) is 2.81. The third-order valence-electron chi connectivity index (χ3n) is 2.81. The van der Waals surface area contributed by atoms with Gasteiger partial charge in [-0.25, -0.2) is 0 Å². The van der Waals surface area contributed by atoms with Crippen molar-refractivity contribution < 1.29 is 9.53 Å². The maximum atomic E-state index is 11.8. The molecule has 2 rings (SSSR count). The quantitative estimate of drug-likeness (QED) is 0.431. The van der Waals surface area contributed by atoms with Crippen molar-refractivity contribution in [1.29, 1.82) is 0 Å². The minimum atomic E-state index is -0.102. The number of carbonyl (C=O) groups excluding carboxylic acids is 1. The largest absolute Gasteiger partial charge is 0.426 e. The van der Waals surface area contributed by atoms with Crippen LogP contribution >= 0.6 is 0 Å². The predicted octanol–water partition coefficient (Wildman–Crippen LogP) is 3.26. The van der Waals surface area contributed by atoms with Gasteiger partial charge in [-0.2, -0.15) is 0 Å². The van der Waals surface area contributed by atoms with E-state index >= 15 is 0 Å². The first-order valence-corrected chi connectivity index (χ1v) is 5.69. The molecule has 1 aliphatic carbocycles. The molecule has 0 bridgehead atoms. The molecule has 0 radical (unpaired) electrons. The molecule has 0 aromatic heterocycles. The number of rotatable bonds is 2. The Morgan fingerprint density at radius 3 is 2.94 bits per heavy atom. The molecule has 1 aromatic carbocycles. The van der Waals surface area contributed by atoms with E-state index in [2.05, 4.69) is 12.2 Å². The number of aryl methyl sites for hydroxylation is 1. The predicted molar refractivity (Wildman–Crippen MR) is 63.3 cm³/mol. The highest BCUT2D eigenvalue weighted by Crippen LogP contribution is 2.21. The van der Waals surface area contributed by atoms with Crippen LogP contribution in [-0.2, 0) is 4.79 Å². The molecule has 1 atom stereocenters. The van der Waals surface area contributed by atoms with Crippen LogP contribution in [-0.4, -0.2) is 5.97 Å². The monoisotopic (exact) mass is 216 g/mol. The highest BCUT2D eigenvalue weighted by atomic mass is 16.5. The van der Waals surface area contributed by atoms with Crippen LogP contribution in [0.2, 0.25) is 0 Å². The second-order valence-corrected chi connectivity index (χ2v) is 4.22. The first-order chi connectivity index (χ1) is 7.75. The molecule has 16 heavy (non-hydrogen) atoms. The Balaban J connectivity index is 1.99. The number of esters is 1. The van der Waals surface area contributed by atoms with Crippen molar-refractivity contribution >= 4 is 5.97 Å². The number of benzene rings is 1. The van der Waals surface area contributed by atoms with E-state index in [0.29, 0.717) is 5.75 Å². The summed E-state index contributed by atoms with van der Waals surface area (Å²) in [4.78, 5) is 11.8. The lowest BCUT2D eigenvalue weighted by Gasteiger charge is -2.16. The Labute approximate surface area is 95.9 Å². The van der Waals surface area contributed by atoms with Gasteiger partial charge in [0, 0.05) is 0 Å². The van der Waals surface area contributed by atoms with Crippen LogP contribution in [0.5, 0.6) is 5.75 Å². The van der Waals surface area contributed by atoms with Crippen LogP contribution < -0.4 is 4.74 Å². The lowest BCUT2D eigenvalue weighted by molar-refractivity contribution is -0.139. The van der Waals surface area contributed by atoms with E-state index in [9.17, 15) is 4.79 Å². The van der Waals surface area contributed by atoms with Crippen molar-refractivity contribution in [2.45, 2.75) is 26.2 Å². The van der Waals surface area contributed by atoms with Gasteiger partial charge in [0.2, 0.25) is 0 Å². The van der Waals surface area contributed by atoms with Crippen molar-refractivity contribution in [3.63, 3.8) is 0 Å². The topological polar surface area (TPSA) is 26.3 Å². The van der Waals surface area contributed by atoms with Crippen LogP contribution in [0.25, 0.3) is 0 Å². The van der Waals surface area contributed by atoms with Gasteiger partial charge in [0.05, 0.1) is 5.92 Å². The third kappa shape index (κ3) is 2.72. The molecule has 2 heteroatoms. The lowest BCUT2D eigenvalue weighted by atomic mass is 9.95. The second kappa shape index (κ2) is 4.97. The fraction of sp³-hybridized carbons (Fsp3) is 0.357. The van der Waals surface area contributed by atoms with Gasteiger partial charge < -0.3 is 4.74 Å². The Kier molecular flexibility index (Phi) is 3.40. The summed E-state index contributed by atoms with van der Waals surface area (Å²) in [5.41, 5.74) is 1.11. The van der Waals surface area contributed by atoms with Crippen LogP contribution in [0.3, 0.4) is 0 Å². The summed E-state index contributed by atoms with van der Waals surface area (Å²) < 4.78 is 5.36. The van der Waals surface area contributed by atoms with E-state index in [4.69, 9.17) is 4.74 Å². The van der Waals surface area contributed by atoms with Crippen LogP contribution in [0.15, 0.2) is 36.4 Å². The summed E-state index contributed by atoms with van der Waals surface area (Å²) in [7, 11) is 0. The van der Waals surface area contributed by atoms with Crippen molar-refractivity contribution in [2.24, 2.45) is 5.92 Å². The van der Waals surface area contributed by atoms with E-state index in [0.717, 1.165) is 24.8 Å². The zero-order valence-corrected chi connectivity index (χ0v) is 9.48. The van der Waals surface area contributed by atoms with Crippen molar-refractivity contribution in [2.75, 3.05) is 0 Å². The van der Waals surface area contributed by atoms with Crippen molar-refractivity contribution in [3.8, 4) is 5.75 Å². The zero-order valence-electron chi connectivity index (χ0n) is 9.48. The van der Waals surface area contributed by atoms with Gasteiger partial charge in [-0.1, -0.05) is 24.3 Å². The van der Waals surface area contributed by atoms with E-state index in [1.807, 2.05) is 31.2 Å². The molecule has 1 unspecified atom stereocenters. The second-order valence-electron chi connectivity index (χ2n) is 4.22. The molecule has 0 spiro atoms. The Bertz CT molecular complexity index is 407. The Hall–Kier alpha value is -1.57. The van der Waals surface area contributed by atoms with E-state index in [-0.39, 0.29) is 11.9 Å². The fourth-order valence-electron chi connectivity index (χ4n) is 1.89. The first kappa shape index (κ1) is 10.9. The lowest BCUT2D eigenvalue weighted by Crippen LogP contribution is -2.21. The first-order valence-electron chi connectivity index (χ1n) is 5.69. The summed E-state index contributed by atoms with van der Waals surface area (Å²) in [5, 5.41) is 0. The number of carbonyl (C=O) groups is 1. The summed E-state index contributed by atoms with van der Waals surface area (Å²) in [5.74, 6) is 0.583. The van der Waals surface area contributed by atoms with Crippen LogP contribution in [0, 0.1) is 12.8 Å². The number of ether oxygens (including phenoxy) is 1. The van der Waals surface area contributed by atoms with Crippen LogP contribution in [0.1, 0.15) is 24.8 Å². The standard InChI is InChI=1S/C14H16O2/c1-11-6-5-9-13(10-11)16-14(15)12-7-3-2-4-8-12/h2-3,5-6,9-10,12H,4,7-8H2,1H3. The molecule has 2 nitrogen and oxygen atoms in total. The average Bonchev–Trinajstić information content (AvgIpc) is 2.30. The van der Waals surface area contributed by atoms with Gasteiger partial charge in [0.15, 0.2) is 0 Å². The summed E-state index contributed by atoms with van der Waals surface area (Å²) in [6.45, 7) is 1.99. The number of hydrogen-bond donors (Lipinski definition) is 0. The maximum Gasteiger partial charge on any atom is 0.314 e. The Morgan fingerprint density at radius 2 is 2.25 bits per heavy atom. The molecule has 0 amide bonds. The molecule has 84 valence electrons. The van der Waals surface area contributed by atoms with Gasteiger partial charge in [-0.15, -0.1) is 0 Å². The van der Waals surface area contributed by atoms with Gasteiger partial charge in [0.25, 0.3) is 0 Å². The fourth-order valence-corrected chi connectivity index (χ4v) is 1.89. The molecule has 0 heterocycles. The minimum absolute atomic E-state index is 0.0329. The molecule has 0 saturated carbocycles. The summed E-state index contributed by atoms with van der Waals surface area (Å²) in [6.07, 6.45) is 6.88. The van der Waals surface area contributed by atoms with Crippen molar-refractivity contribution in [1.82, 2.24) is 0 Å². The van der Waals surface area contributed by atoms with Gasteiger partial charge in [-0.05, 0) is 43.9 Å². The molecule has 0 fully saturated rings. The van der Waals surface area contributed by atoms with Gasteiger partial charge in [0.1, 0.15) is 5.75 Å². The summed E-state index contributed by atoms with van der Waals surface area (Å²) >= 11 is 0. The number of hydrogen-bond acceptors (Lipinski definition) is 2. The van der Waals surface area contributed by atoms with E-state index in [1.165, 1.54) is 0 Å². The molecular formula is C14H16O2.